The Morgan fingerprint density at radius 1 is 1.16 bits per heavy atom. The molecule has 0 spiro atoms. The molecule has 3 aromatic heterocycles. The molecule has 0 saturated heterocycles. The lowest BCUT2D eigenvalue weighted by molar-refractivity contribution is 0.0974. The number of amides is 1. The van der Waals surface area contributed by atoms with Gasteiger partial charge in [0.2, 0.25) is 10.0 Å². The van der Waals surface area contributed by atoms with Gasteiger partial charge < -0.3 is 9.55 Å². The summed E-state index contributed by atoms with van der Waals surface area (Å²) >= 11 is 6.66. The van der Waals surface area contributed by atoms with Crippen molar-refractivity contribution in [1.29, 1.82) is 0 Å². The Labute approximate surface area is 215 Å². The normalized spacial score (nSPS) is 11.8. The molecule has 2 N–H and O–H groups in total. The Balaban J connectivity index is 1.84. The first kappa shape index (κ1) is 24.7. The number of carbonyl (C=O) groups is 1. The third-order valence-electron chi connectivity index (χ3n) is 5.98. The van der Waals surface area contributed by atoms with E-state index in [1.807, 2.05) is 23.8 Å². The second-order valence-corrected chi connectivity index (χ2v) is 10.8. The SMILES string of the molecule is Cc1ccc2c(c1)c(-c1ccc[nH]c1=O)c(C(=O)NS(C)(=O)=O)n2Cc1cnc2c(F)cccc2c1Cl. The van der Waals surface area contributed by atoms with Crippen LogP contribution in [0.2, 0.25) is 5.02 Å². The van der Waals surface area contributed by atoms with Crippen LogP contribution in [0.15, 0.2) is 65.7 Å². The molecule has 0 aliphatic heterocycles. The van der Waals surface area contributed by atoms with Crippen LogP contribution in [0.25, 0.3) is 32.9 Å². The van der Waals surface area contributed by atoms with Crippen LogP contribution in [-0.2, 0) is 16.6 Å². The number of halogens is 2. The van der Waals surface area contributed by atoms with Crippen LogP contribution in [0.5, 0.6) is 0 Å². The maximum absolute atomic E-state index is 14.3. The Hall–Kier alpha value is -4.02. The summed E-state index contributed by atoms with van der Waals surface area (Å²) in [5.74, 6) is -1.43. The van der Waals surface area contributed by atoms with Crippen LogP contribution in [0.3, 0.4) is 0 Å². The van der Waals surface area contributed by atoms with Crippen molar-refractivity contribution >= 4 is 49.3 Å². The number of carbonyl (C=O) groups excluding carboxylic acids is 1. The monoisotopic (exact) mass is 538 g/mol. The highest BCUT2D eigenvalue weighted by molar-refractivity contribution is 7.89. The first-order valence-electron chi connectivity index (χ1n) is 11.1. The van der Waals surface area contributed by atoms with Crippen molar-refractivity contribution in [2.45, 2.75) is 13.5 Å². The lowest BCUT2D eigenvalue weighted by Gasteiger charge is -2.14. The molecule has 11 heteroatoms. The molecule has 0 aliphatic rings. The van der Waals surface area contributed by atoms with Gasteiger partial charge in [0.15, 0.2) is 0 Å². The van der Waals surface area contributed by atoms with Crippen LogP contribution in [-0.4, -0.2) is 35.1 Å². The topological polar surface area (TPSA) is 114 Å². The van der Waals surface area contributed by atoms with Gasteiger partial charge in [-0.15, -0.1) is 0 Å². The summed E-state index contributed by atoms with van der Waals surface area (Å²) in [5, 5.41) is 1.21. The molecule has 0 fully saturated rings. The summed E-state index contributed by atoms with van der Waals surface area (Å²) in [4.78, 5) is 33.1. The molecular formula is C26H20ClFN4O4S. The predicted octanol–water partition coefficient (Wildman–Crippen LogP) is 4.38. The van der Waals surface area contributed by atoms with Crippen LogP contribution in [0.4, 0.5) is 4.39 Å². The molecule has 5 aromatic rings. The predicted molar refractivity (Wildman–Crippen MR) is 141 cm³/mol. The number of aromatic amines is 1. The van der Waals surface area contributed by atoms with Gasteiger partial charge in [0.05, 0.1) is 17.8 Å². The van der Waals surface area contributed by atoms with Gasteiger partial charge in [-0.05, 0) is 37.3 Å². The van der Waals surface area contributed by atoms with Crippen LogP contribution in [0, 0.1) is 12.7 Å². The standard InChI is InChI=1S/C26H20ClFN4O4S/c1-14-8-9-20-18(11-14)21(16-6-4-10-29-25(16)33)24(26(34)31-37(2,35)36)32(20)13-15-12-30-23-17(22(15)27)5-3-7-19(23)28/h3-12H,13H2,1-2H3,(H,29,33)(H,31,34). The van der Waals surface area contributed by atoms with E-state index in [1.165, 1.54) is 24.5 Å². The molecule has 0 unspecified atom stereocenters. The molecule has 0 aliphatic carbocycles. The number of nitrogens with zero attached hydrogens (tertiary/aromatic N) is 2. The second kappa shape index (κ2) is 9.13. The lowest BCUT2D eigenvalue weighted by atomic mass is 10.0. The minimum Gasteiger partial charge on any atom is -0.331 e. The van der Waals surface area contributed by atoms with Gasteiger partial charge >= 0.3 is 0 Å². The van der Waals surface area contributed by atoms with E-state index >= 15 is 0 Å². The molecule has 3 heterocycles. The van der Waals surface area contributed by atoms with E-state index in [2.05, 4.69) is 9.97 Å². The zero-order valence-corrected chi connectivity index (χ0v) is 21.2. The van der Waals surface area contributed by atoms with Crippen LogP contribution < -0.4 is 10.3 Å². The van der Waals surface area contributed by atoms with Gasteiger partial charge in [-0.3, -0.25) is 14.6 Å². The van der Waals surface area contributed by atoms with Crippen molar-refractivity contribution in [2.24, 2.45) is 0 Å². The van der Waals surface area contributed by atoms with Crippen molar-refractivity contribution < 1.29 is 17.6 Å². The molecule has 0 bridgehead atoms. The quantitative estimate of drug-likeness (QED) is 0.344. The number of pyridine rings is 2. The molecule has 37 heavy (non-hydrogen) atoms. The Bertz CT molecular complexity index is 1900. The third kappa shape index (κ3) is 4.49. The smallest absolute Gasteiger partial charge is 0.282 e. The molecule has 0 radical (unpaired) electrons. The highest BCUT2D eigenvalue weighted by atomic mass is 35.5. The minimum absolute atomic E-state index is 0.00486. The van der Waals surface area contributed by atoms with Gasteiger partial charge in [0.1, 0.15) is 17.0 Å². The van der Waals surface area contributed by atoms with E-state index < -0.39 is 27.3 Å². The van der Waals surface area contributed by atoms with Gasteiger partial charge in [-0.25, -0.2) is 17.5 Å². The van der Waals surface area contributed by atoms with E-state index in [1.54, 1.807) is 28.8 Å². The zero-order chi connectivity index (χ0) is 26.5. The molecule has 0 saturated carbocycles. The summed E-state index contributed by atoms with van der Waals surface area (Å²) in [6, 6.07) is 13.1. The summed E-state index contributed by atoms with van der Waals surface area (Å²) in [7, 11) is -3.94. The molecule has 0 atom stereocenters. The van der Waals surface area contributed by atoms with Crippen molar-refractivity contribution in [3.8, 4) is 11.1 Å². The molecule has 8 nitrogen and oxygen atoms in total. The number of sulfonamides is 1. The molecule has 188 valence electrons. The highest BCUT2D eigenvalue weighted by Crippen LogP contribution is 2.36. The van der Waals surface area contributed by atoms with Crippen molar-refractivity contribution in [1.82, 2.24) is 19.3 Å². The fourth-order valence-corrected chi connectivity index (χ4v) is 5.15. The summed E-state index contributed by atoms with van der Waals surface area (Å²) < 4.78 is 41.9. The fraction of sp³-hybridized carbons (Fsp3) is 0.115. The first-order valence-corrected chi connectivity index (χ1v) is 13.4. The number of fused-ring (bicyclic) bond motifs is 2. The van der Waals surface area contributed by atoms with Crippen molar-refractivity contribution in [3.63, 3.8) is 0 Å². The molecule has 1 amide bonds. The highest BCUT2D eigenvalue weighted by Gasteiger charge is 2.27. The second-order valence-electron chi connectivity index (χ2n) is 8.68. The van der Waals surface area contributed by atoms with E-state index in [-0.39, 0.29) is 33.9 Å². The number of para-hydroxylation sites is 1. The largest absolute Gasteiger partial charge is 0.331 e. The summed E-state index contributed by atoms with van der Waals surface area (Å²) in [5.41, 5.74) is 2.00. The van der Waals surface area contributed by atoms with Crippen LogP contribution in [0.1, 0.15) is 21.6 Å². The number of aromatic nitrogens is 3. The van der Waals surface area contributed by atoms with Gasteiger partial charge in [0.25, 0.3) is 11.5 Å². The van der Waals surface area contributed by atoms with Gasteiger partial charge in [0, 0.05) is 45.4 Å². The van der Waals surface area contributed by atoms with E-state index in [0.717, 1.165) is 11.8 Å². The zero-order valence-electron chi connectivity index (χ0n) is 19.7. The number of benzene rings is 2. The average Bonchev–Trinajstić information content (AvgIpc) is 3.13. The van der Waals surface area contributed by atoms with Crippen molar-refractivity contribution in [3.05, 3.63) is 98.9 Å². The molecule has 5 rings (SSSR count). The van der Waals surface area contributed by atoms with Gasteiger partial charge in [-0.1, -0.05) is 35.4 Å². The average molecular weight is 539 g/mol. The number of rotatable bonds is 5. The number of aryl methyl sites for hydroxylation is 1. The lowest BCUT2D eigenvalue weighted by Crippen LogP contribution is -2.32. The Morgan fingerprint density at radius 2 is 1.95 bits per heavy atom. The Morgan fingerprint density at radius 3 is 2.68 bits per heavy atom. The number of H-pyrrole nitrogens is 1. The van der Waals surface area contributed by atoms with E-state index in [0.29, 0.717) is 21.9 Å². The van der Waals surface area contributed by atoms with E-state index in [9.17, 15) is 22.4 Å². The number of hydrogen-bond acceptors (Lipinski definition) is 5. The number of hydrogen-bond donors (Lipinski definition) is 2. The maximum Gasteiger partial charge on any atom is 0.282 e. The third-order valence-corrected chi connectivity index (χ3v) is 6.99. The molecule has 2 aromatic carbocycles. The summed E-state index contributed by atoms with van der Waals surface area (Å²) in [6.45, 7) is 1.86. The summed E-state index contributed by atoms with van der Waals surface area (Å²) in [6.07, 6.45) is 3.75. The maximum atomic E-state index is 14.3. The van der Waals surface area contributed by atoms with Crippen LogP contribution >= 0.6 is 11.6 Å². The minimum atomic E-state index is -3.94. The Kier molecular flexibility index (Phi) is 6.09. The number of nitrogens with one attached hydrogen (secondary N) is 2. The fourth-order valence-electron chi connectivity index (χ4n) is 4.45. The van der Waals surface area contributed by atoms with Crippen molar-refractivity contribution in [2.75, 3.05) is 6.26 Å². The van der Waals surface area contributed by atoms with E-state index in [4.69, 9.17) is 11.6 Å². The molecular weight excluding hydrogens is 519 g/mol. The van der Waals surface area contributed by atoms with Gasteiger partial charge in [-0.2, -0.15) is 0 Å². The first-order chi connectivity index (χ1) is 17.5.